The quantitative estimate of drug-likeness (QED) is 0.557. The molecule has 8 heteroatoms. The van der Waals surface area contributed by atoms with Crippen LogP contribution in [0.15, 0.2) is 47.2 Å². The monoisotopic (exact) mass is 324 g/mol. The van der Waals surface area contributed by atoms with Crippen molar-refractivity contribution in [1.29, 1.82) is 0 Å². The third-order valence-corrected chi connectivity index (χ3v) is 3.90. The predicted molar refractivity (Wildman–Crippen MR) is 88.4 cm³/mol. The third kappa shape index (κ3) is 1.96. The summed E-state index contributed by atoms with van der Waals surface area (Å²) in [5.41, 5.74) is 4.42. The van der Waals surface area contributed by atoms with Crippen molar-refractivity contribution in [3.8, 4) is 11.4 Å². The van der Waals surface area contributed by atoms with Gasteiger partial charge in [0.2, 0.25) is 0 Å². The molecular formula is C14H8N6S2. The number of nitrogens with zero attached hydrogens (tertiary/aromatic N) is 5. The van der Waals surface area contributed by atoms with Crippen LogP contribution in [0, 0.1) is 0 Å². The van der Waals surface area contributed by atoms with Crippen molar-refractivity contribution in [3.05, 3.63) is 54.0 Å². The maximum Gasteiger partial charge on any atom is 0.137 e. The number of nitrogens with one attached hydrogen (secondary N) is 1. The highest BCUT2D eigenvalue weighted by Gasteiger charge is 2.31. The lowest BCUT2D eigenvalue weighted by molar-refractivity contribution is 1.14. The Morgan fingerprint density at radius 2 is 1.59 bits per heavy atom. The van der Waals surface area contributed by atoms with Crippen LogP contribution in [0.4, 0.5) is 0 Å². The van der Waals surface area contributed by atoms with Crippen LogP contribution in [0.1, 0.15) is 16.8 Å². The van der Waals surface area contributed by atoms with Gasteiger partial charge in [-0.05, 0) is 0 Å². The molecule has 6 nitrogen and oxygen atoms in total. The molecular weight excluding hydrogens is 316 g/mol. The molecule has 0 aliphatic carbocycles. The van der Waals surface area contributed by atoms with Crippen molar-refractivity contribution in [1.82, 2.24) is 24.9 Å². The molecule has 4 heterocycles. The van der Waals surface area contributed by atoms with E-state index in [0.29, 0.717) is 27.1 Å². The van der Waals surface area contributed by atoms with Gasteiger partial charge in [0.15, 0.2) is 0 Å². The summed E-state index contributed by atoms with van der Waals surface area (Å²) in [7, 11) is 0. The van der Waals surface area contributed by atoms with Crippen LogP contribution in [-0.2, 0) is 0 Å². The second-order valence-electron chi connectivity index (χ2n) is 4.55. The average molecular weight is 324 g/mol. The molecule has 3 aromatic rings. The first-order valence-corrected chi connectivity index (χ1v) is 7.22. The third-order valence-electron chi connectivity index (χ3n) is 3.27. The molecule has 0 atom stereocenters. The lowest BCUT2D eigenvalue weighted by Gasteiger charge is -1.99. The Morgan fingerprint density at radius 1 is 0.909 bits per heavy atom. The minimum absolute atomic E-state index is 0.479. The number of H-pyrrole nitrogens is 1. The van der Waals surface area contributed by atoms with Crippen molar-refractivity contribution in [2.75, 3.05) is 0 Å². The van der Waals surface area contributed by atoms with E-state index in [1.54, 1.807) is 37.2 Å². The lowest BCUT2D eigenvalue weighted by atomic mass is 10.1. The van der Waals surface area contributed by atoms with Crippen LogP contribution in [0.2, 0.25) is 0 Å². The zero-order valence-electron chi connectivity index (χ0n) is 11.1. The normalized spacial score (nSPS) is 13.1. The van der Waals surface area contributed by atoms with E-state index >= 15 is 0 Å². The largest absolute Gasteiger partial charge is 0.347 e. The molecule has 0 saturated carbocycles. The molecule has 1 N–H and O–H groups in total. The number of aromatic amines is 1. The van der Waals surface area contributed by atoms with Gasteiger partial charge in [0.25, 0.3) is 0 Å². The number of fused-ring (bicyclic) bond motifs is 1. The maximum atomic E-state index is 5.41. The minimum atomic E-state index is 0.479. The number of rotatable bonds is 2. The molecule has 1 aliphatic rings. The summed E-state index contributed by atoms with van der Waals surface area (Å²) in [6, 6.07) is 0. The molecule has 4 rings (SSSR count). The van der Waals surface area contributed by atoms with Crippen molar-refractivity contribution >= 4 is 35.5 Å². The van der Waals surface area contributed by atoms with Crippen LogP contribution in [0.3, 0.4) is 0 Å². The van der Waals surface area contributed by atoms with Crippen LogP contribution in [0.5, 0.6) is 0 Å². The van der Waals surface area contributed by atoms with E-state index in [-0.39, 0.29) is 0 Å². The van der Waals surface area contributed by atoms with E-state index in [0.717, 1.165) is 16.8 Å². The molecule has 106 valence electrons. The Hall–Kier alpha value is -2.45. The Bertz CT molecular complexity index is 902. The van der Waals surface area contributed by atoms with Crippen LogP contribution in [0.25, 0.3) is 11.4 Å². The Balaban J connectivity index is 1.92. The maximum absolute atomic E-state index is 5.41. The van der Waals surface area contributed by atoms with Gasteiger partial charge in [-0.3, -0.25) is 19.9 Å². The molecule has 0 spiro atoms. The van der Waals surface area contributed by atoms with E-state index in [4.69, 9.17) is 12.2 Å². The number of hydrogen-bond donors (Lipinski definition) is 2. The van der Waals surface area contributed by atoms with E-state index in [2.05, 4.69) is 42.5 Å². The first-order valence-electron chi connectivity index (χ1n) is 6.37. The highest BCUT2D eigenvalue weighted by atomic mass is 32.1. The SMILES string of the molecule is S=C1N=C(c2cnccn2)c2c(S)[nH]c(-c3cnccn3)c21. The van der Waals surface area contributed by atoms with Crippen LogP contribution in [-0.4, -0.2) is 35.6 Å². The average Bonchev–Trinajstić information content (AvgIpc) is 3.09. The smallest absolute Gasteiger partial charge is 0.137 e. The minimum Gasteiger partial charge on any atom is -0.347 e. The molecule has 0 amide bonds. The Kier molecular flexibility index (Phi) is 3.05. The summed E-state index contributed by atoms with van der Waals surface area (Å²) in [6.07, 6.45) is 9.80. The van der Waals surface area contributed by atoms with Gasteiger partial charge in [-0.25, -0.2) is 4.99 Å². The first-order chi connectivity index (χ1) is 10.8. The number of thiol groups is 1. The second kappa shape index (κ2) is 5.08. The number of aromatic nitrogens is 5. The number of hydrogen-bond acceptors (Lipinski definition) is 6. The summed E-state index contributed by atoms with van der Waals surface area (Å²) in [4.78, 5) is 24.9. The molecule has 0 aromatic carbocycles. The van der Waals surface area contributed by atoms with Gasteiger partial charge < -0.3 is 4.98 Å². The zero-order valence-corrected chi connectivity index (χ0v) is 12.8. The molecule has 3 aromatic heterocycles. The van der Waals surface area contributed by atoms with Crippen molar-refractivity contribution < 1.29 is 0 Å². The van der Waals surface area contributed by atoms with E-state index < -0.39 is 0 Å². The van der Waals surface area contributed by atoms with E-state index in [1.807, 2.05) is 0 Å². The Labute approximate surface area is 136 Å². The van der Waals surface area contributed by atoms with Crippen molar-refractivity contribution in [3.63, 3.8) is 0 Å². The van der Waals surface area contributed by atoms with Gasteiger partial charge in [-0.15, -0.1) is 12.6 Å². The molecule has 0 saturated heterocycles. The zero-order chi connectivity index (χ0) is 15.1. The predicted octanol–water partition coefficient (Wildman–Crippen LogP) is 2.08. The summed E-state index contributed by atoms with van der Waals surface area (Å²) in [5, 5.41) is 0.667. The lowest BCUT2D eigenvalue weighted by Crippen LogP contribution is -2.03. The molecule has 22 heavy (non-hydrogen) atoms. The van der Waals surface area contributed by atoms with Crippen LogP contribution < -0.4 is 0 Å². The fourth-order valence-electron chi connectivity index (χ4n) is 2.37. The molecule has 0 fully saturated rings. The summed E-state index contributed by atoms with van der Waals surface area (Å²) < 4.78 is 0. The second-order valence-corrected chi connectivity index (χ2v) is 5.38. The van der Waals surface area contributed by atoms with Crippen LogP contribution >= 0.6 is 24.8 Å². The van der Waals surface area contributed by atoms with Gasteiger partial charge in [0.05, 0.1) is 23.1 Å². The summed E-state index contributed by atoms with van der Waals surface area (Å²) >= 11 is 9.93. The van der Waals surface area contributed by atoms with Crippen molar-refractivity contribution in [2.45, 2.75) is 5.03 Å². The van der Waals surface area contributed by atoms with Gasteiger partial charge in [-0.2, -0.15) is 0 Å². The standard InChI is InChI=1S/C14H8N6S2/c21-13-9-10(12(20-13)8-6-16-2-4-18-8)14(22)19-11(9)7-5-15-1-3-17-7/h1-6,19,22H. The fourth-order valence-corrected chi connectivity index (χ4v) is 3.00. The Morgan fingerprint density at radius 3 is 2.23 bits per heavy atom. The highest BCUT2D eigenvalue weighted by molar-refractivity contribution is 7.81. The van der Waals surface area contributed by atoms with Gasteiger partial charge in [0, 0.05) is 35.9 Å². The highest BCUT2D eigenvalue weighted by Crippen LogP contribution is 2.35. The number of aliphatic imine (C=N–C) groups is 1. The molecule has 1 aliphatic heterocycles. The first kappa shape index (κ1) is 13.2. The van der Waals surface area contributed by atoms with Gasteiger partial charge in [0.1, 0.15) is 22.1 Å². The van der Waals surface area contributed by atoms with E-state index in [1.165, 1.54) is 0 Å². The molecule has 0 bridgehead atoms. The van der Waals surface area contributed by atoms with Crippen molar-refractivity contribution in [2.24, 2.45) is 4.99 Å². The fraction of sp³-hybridized carbons (Fsp3) is 0. The molecule has 0 radical (unpaired) electrons. The van der Waals surface area contributed by atoms with E-state index in [9.17, 15) is 0 Å². The van der Waals surface area contributed by atoms with Gasteiger partial charge in [-0.1, -0.05) is 12.2 Å². The number of thiocarbonyl (C=S) groups is 1. The topological polar surface area (TPSA) is 79.7 Å². The summed E-state index contributed by atoms with van der Waals surface area (Å²) in [5.74, 6) is 0. The van der Waals surface area contributed by atoms with Gasteiger partial charge >= 0.3 is 0 Å². The summed E-state index contributed by atoms with van der Waals surface area (Å²) in [6.45, 7) is 0. The molecule has 0 unspecified atom stereocenters.